The van der Waals surface area contributed by atoms with Gasteiger partial charge in [0.25, 0.3) is 0 Å². The highest BCUT2D eigenvalue weighted by Gasteiger charge is 2.29. The van der Waals surface area contributed by atoms with Crippen LogP contribution in [0.4, 0.5) is 4.79 Å². The van der Waals surface area contributed by atoms with E-state index in [1.165, 1.54) is 0 Å². The molecule has 0 radical (unpaired) electrons. The van der Waals surface area contributed by atoms with Crippen molar-refractivity contribution in [2.75, 3.05) is 19.6 Å². The molecule has 2 N–H and O–H groups in total. The average molecular weight is 280 g/mol. The summed E-state index contributed by atoms with van der Waals surface area (Å²) in [6, 6.07) is 9.68. The zero-order valence-electron chi connectivity index (χ0n) is 10.9. The number of amides is 1. The third kappa shape index (κ3) is 3.88. The van der Waals surface area contributed by atoms with Gasteiger partial charge in [0.2, 0.25) is 0 Å². The van der Waals surface area contributed by atoms with Crippen LogP contribution < -0.4 is 5.73 Å². The maximum absolute atomic E-state index is 12.0. The van der Waals surface area contributed by atoms with Crippen LogP contribution in [-0.4, -0.2) is 35.9 Å². The van der Waals surface area contributed by atoms with Gasteiger partial charge in [0.1, 0.15) is 6.61 Å². The number of nitrogens with zero attached hydrogens (tertiary/aromatic N) is 1. The summed E-state index contributed by atoms with van der Waals surface area (Å²) < 4.78 is 5.32. The zero-order chi connectivity index (χ0) is 13.7. The minimum Gasteiger partial charge on any atom is -0.445 e. The monoisotopic (exact) mass is 280 g/mol. The van der Waals surface area contributed by atoms with E-state index < -0.39 is 0 Å². The molecule has 2 unspecified atom stereocenters. The predicted octanol–water partition coefficient (Wildman–Crippen LogP) is 1.90. The Morgan fingerprint density at radius 1 is 1.42 bits per heavy atom. The molecule has 1 fully saturated rings. The van der Waals surface area contributed by atoms with Crippen LogP contribution in [0, 0.1) is 5.92 Å². The van der Waals surface area contributed by atoms with Gasteiger partial charge in [0.05, 0.1) is 0 Å². The van der Waals surface area contributed by atoms with Crippen molar-refractivity contribution >= 4 is 18.7 Å². The number of hydrogen-bond donors (Lipinski definition) is 2. The first-order valence-electron chi connectivity index (χ1n) is 6.54. The molecule has 1 heterocycles. The zero-order valence-corrected chi connectivity index (χ0v) is 11.8. The lowest BCUT2D eigenvalue weighted by Crippen LogP contribution is -2.46. The van der Waals surface area contributed by atoms with Crippen LogP contribution in [0.15, 0.2) is 30.3 Å². The third-order valence-corrected chi connectivity index (χ3v) is 4.14. The second-order valence-corrected chi connectivity index (χ2v) is 5.50. The Bertz CT molecular complexity index is 413. The van der Waals surface area contributed by atoms with Gasteiger partial charge in [-0.2, -0.15) is 12.6 Å². The quantitative estimate of drug-likeness (QED) is 0.832. The van der Waals surface area contributed by atoms with Gasteiger partial charge in [-0.1, -0.05) is 30.3 Å². The highest BCUT2D eigenvalue weighted by Crippen LogP contribution is 2.21. The van der Waals surface area contributed by atoms with Gasteiger partial charge in [0, 0.05) is 24.3 Å². The molecule has 1 amide bonds. The van der Waals surface area contributed by atoms with E-state index in [-0.39, 0.29) is 17.3 Å². The molecule has 1 aliphatic heterocycles. The Morgan fingerprint density at radius 3 is 2.84 bits per heavy atom. The Morgan fingerprint density at radius 2 is 2.16 bits per heavy atom. The summed E-state index contributed by atoms with van der Waals surface area (Å²) in [5.74, 6) is 0.251. The molecule has 5 heteroatoms. The summed E-state index contributed by atoms with van der Waals surface area (Å²) in [7, 11) is 0. The first-order chi connectivity index (χ1) is 9.20. The molecule has 0 spiro atoms. The van der Waals surface area contributed by atoms with E-state index in [1.54, 1.807) is 4.90 Å². The summed E-state index contributed by atoms with van der Waals surface area (Å²) in [6.45, 7) is 2.20. The average Bonchev–Trinajstić information content (AvgIpc) is 2.46. The van der Waals surface area contributed by atoms with E-state index in [0.717, 1.165) is 12.0 Å². The van der Waals surface area contributed by atoms with Crippen molar-refractivity contribution < 1.29 is 9.53 Å². The van der Waals surface area contributed by atoms with E-state index in [0.29, 0.717) is 26.2 Å². The maximum atomic E-state index is 12.0. The molecule has 0 aliphatic carbocycles. The highest BCUT2D eigenvalue weighted by atomic mass is 32.1. The fraction of sp³-hybridized carbons (Fsp3) is 0.500. The minimum atomic E-state index is -0.262. The smallest absolute Gasteiger partial charge is 0.410 e. The van der Waals surface area contributed by atoms with E-state index in [4.69, 9.17) is 10.5 Å². The lowest BCUT2D eigenvalue weighted by Gasteiger charge is -2.35. The molecule has 1 aromatic carbocycles. The number of piperidine rings is 1. The molecule has 0 bridgehead atoms. The molecule has 0 saturated carbocycles. The summed E-state index contributed by atoms with van der Waals surface area (Å²) in [5.41, 5.74) is 6.69. The van der Waals surface area contributed by atoms with Crippen molar-refractivity contribution in [2.24, 2.45) is 11.7 Å². The van der Waals surface area contributed by atoms with Crippen molar-refractivity contribution in [1.82, 2.24) is 4.90 Å². The number of hydrogen-bond acceptors (Lipinski definition) is 4. The summed E-state index contributed by atoms with van der Waals surface area (Å²) in [4.78, 5) is 13.7. The third-order valence-electron chi connectivity index (χ3n) is 3.46. The van der Waals surface area contributed by atoms with Gasteiger partial charge in [-0.25, -0.2) is 4.79 Å². The van der Waals surface area contributed by atoms with E-state index >= 15 is 0 Å². The molecule has 1 saturated heterocycles. The second-order valence-electron chi connectivity index (χ2n) is 4.84. The van der Waals surface area contributed by atoms with Crippen molar-refractivity contribution in [2.45, 2.75) is 18.3 Å². The first-order valence-corrected chi connectivity index (χ1v) is 7.06. The fourth-order valence-corrected chi connectivity index (χ4v) is 2.56. The lowest BCUT2D eigenvalue weighted by molar-refractivity contribution is 0.0813. The lowest BCUT2D eigenvalue weighted by atomic mass is 9.98. The van der Waals surface area contributed by atoms with Gasteiger partial charge in [-0.05, 0) is 18.5 Å². The Balaban J connectivity index is 1.83. The van der Waals surface area contributed by atoms with Crippen molar-refractivity contribution in [3.63, 3.8) is 0 Å². The predicted molar refractivity (Wildman–Crippen MR) is 78.1 cm³/mol. The van der Waals surface area contributed by atoms with Crippen molar-refractivity contribution in [3.05, 3.63) is 35.9 Å². The number of carbonyl (C=O) groups excluding carboxylic acids is 1. The molecular weight excluding hydrogens is 260 g/mol. The topological polar surface area (TPSA) is 55.6 Å². The standard InChI is InChI=1S/C14H20N2O2S/c15-8-12-9-16(7-6-13(12)19)14(17)18-10-11-4-2-1-3-5-11/h1-5,12-13,19H,6-10,15H2. The molecular formula is C14H20N2O2S. The first kappa shape index (κ1) is 14.2. The SMILES string of the molecule is NCC1CN(C(=O)OCc2ccccc2)CCC1S. The number of rotatable bonds is 3. The largest absolute Gasteiger partial charge is 0.445 e. The number of likely N-dealkylation sites (tertiary alicyclic amines) is 1. The van der Waals surface area contributed by atoms with Gasteiger partial charge < -0.3 is 15.4 Å². The van der Waals surface area contributed by atoms with Gasteiger partial charge in [-0.15, -0.1) is 0 Å². The van der Waals surface area contributed by atoms with Crippen LogP contribution >= 0.6 is 12.6 Å². The number of benzene rings is 1. The number of nitrogens with two attached hydrogens (primary N) is 1. The molecule has 1 aromatic rings. The molecule has 104 valence electrons. The van der Waals surface area contributed by atoms with Crippen LogP contribution in [0.1, 0.15) is 12.0 Å². The fourth-order valence-electron chi connectivity index (χ4n) is 2.23. The molecule has 19 heavy (non-hydrogen) atoms. The number of ether oxygens (including phenoxy) is 1. The molecule has 2 atom stereocenters. The normalized spacial score (nSPS) is 23.2. The molecule has 0 aromatic heterocycles. The van der Waals surface area contributed by atoms with E-state index in [9.17, 15) is 4.79 Å². The minimum absolute atomic E-state index is 0.251. The van der Waals surface area contributed by atoms with Crippen molar-refractivity contribution in [3.8, 4) is 0 Å². The maximum Gasteiger partial charge on any atom is 0.410 e. The van der Waals surface area contributed by atoms with Gasteiger partial charge in [0.15, 0.2) is 0 Å². The Labute approximate surface area is 119 Å². The summed E-state index contributed by atoms with van der Waals surface area (Å²) in [6.07, 6.45) is 0.605. The Hall–Kier alpha value is -1.20. The molecule has 1 aliphatic rings. The van der Waals surface area contributed by atoms with Crippen LogP contribution in [-0.2, 0) is 11.3 Å². The van der Waals surface area contributed by atoms with E-state index in [1.807, 2.05) is 30.3 Å². The second kappa shape index (κ2) is 6.82. The van der Waals surface area contributed by atoms with E-state index in [2.05, 4.69) is 12.6 Å². The number of carbonyl (C=O) groups is 1. The highest BCUT2D eigenvalue weighted by molar-refractivity contribution is 7.81. The van der Waals surface area contributed by atoms with Crippen molar-refractivity contribution in [1.29, 1.82) is 0 Å². The summed E-state index contributed by atoms with van der Waals surface area (Å²) >= 11 is 4.50. The van der Waals surface area contributed by atoms with Gasteiger partial charge >= 0.3 is 6.09 Å². The van der Waals surface area contributed by atoms with Crippen LogP contribution in [0.25, 0.3) is 0 Å². The Kier molecular flexibility index (Phi) is 5.10. The van der Waals surface area contributed by atoms with Gasteiger partial charge in [-0.3, -0.25) is 0 Å². The molecule has 2 rings (SSSR count). The molecule has 4 nitrogen and oxygen atoms in total. The van der Waals surface area contributed by atoms with Crippen LogP contribution in [0.5, 0.6) is 0 Å². The summed E-state index contributed by atoms with van der Waals surface area (Å²) in [5, 5.41) is 0.281. The van der Waals surface area contributed by atoms with Crippen LogP contribution in [0.2, 0.25) is 0 Å². The number of thiol groups is 1. The van der Waals surface area contributed by atoms with Crippen LogP contribution in [0.3, 0.4) is 0 Å².